The Bertz CT molecular complexity index is 461. The number of hydrogen-bond acceptors (Lipinski definition) is 3. The number of carbonyl (C=O) groups is 2. The number of aliphatic carboxylic acids is 1. The molecule has 0 bridgehead atoms. The Balaban J connectivity index is 2.61. The monoisotopic (exact) mass is 349 g/mol. The van der Waals surface area contributed by atoms with Gasteiger partial charge in [0.2, 0.25) is 0 Å². The van der Waals surface area contributed by atoms with Gasteiger partial charge < -0.3 is 15.2 Å². The molecule has 1 rings (SSSR count). The van der Waals surface area contributed by atoms with Gasteiger partial charge in [-0.05, 0) is 18.2 Å². The number of carboxylic acids is 1. The van der Waals surface area contributed by atoms with Gasteiger partial charge in [0.05, 0.1) is 12.5 Å². The van der Waals surface area contributed by atoms with Gasteiger partial charge in [-0.1, -0.05) is 27.5 Å². The standard InChI is InChI=1S/C12H13BrClNO4/c1-19-10(5-11(16)17)6-15-12(18)7-2-8(13)4-9(14)3-7/h2-4,10H,5-6H2,1H3,(H,15,18)(H,16,17). The molecule has 0 fully saturated rings. The summed E-state index contributed by atoms with van der Waals surface area (Å²) in [5, 5.41) is 11.7. The van der Waals surface area contributed by atoms with Gasteiger partial charge in [0.25, 0.3) is 5.91 Å². The maximum Gasteiger partial charge on any atom is 0.306 e. The summed E-state index contributed by atoms with van der Waals surface area (Å²) in [6.45, 7) is 0.117. The molecule has 0 radical (unpaired) electrons. The van der Waals surface area contributed by atoms with E-state index in [0.29, 0.717) is 15.1 Å². The molecule has 1 aromatic carbocycles. The molecule has 0 heterocycles. The van der Waals surface area contributed by atoms with E-state index in [1.165, 1.54) is 13.2 Å². The van der Waals surface area contributed by atoms with Crippen molar-refractivity contribution in [2.75, 3.05) is 13.7 Å². The van der Waals surface area contributed by atoms with E-state index in [1.807, 2.05) is 0 Å². The second-order valence-corrected chi connectivity index (χ2v) is 5.18. The van der Waals surface area contributed by atoms with Gasteiger partial charge in [0.1, 0.15) is 0 Å². The molecular formula is C12H13BrClNO4. The fourth-order valence-corrected chi connectivity index (χ4v) is 2.29. The number of ether oxygens (including phenoxy) is 1. The van der Waals surface area contributed by atoms with Crippen molar-refractivity contribution in [3.63, 3.8) is 0 Å². The van der Waals surface area contributed by atoms with Crippen molar-refractivity contribution in [1.29, 1.82) is 0 Å². The number of benzene rings is 1. The number of nitrogens with one attached hydrogen (secondary N) is 1. The Morgan fingerprint density at radius 3 is 2.68 bits per heavy atom. The maximum absolute atomic E-state index is 11.9. The third-order valence-electron chi connectivity index (χ3n) is 2.35. The van der Waals surface area contributed by atoms with Crippen molar-refractivity contribution in [2.45, 2.75) is 12.5 Å². The van der Waals surface area contributed by atoms with Crippen LogP contribution in [-0.4, -0.2) is 36.7 Å². The molecule has 0 aliphatic heterocycles. The molecule has 0 spiro atoms. The molecule has 0 aliphatic rings. The Morgan fingerprint density at radius 1 is 1.47 bits per heavy atom. The number of carboxylic acid groups (broad SMARTS) is 1. The number of carbonyl (C=O) groups excluding carboxylic acids is 1. The Labute approximate surface area is 124 Å². The highest BCUT2D eigenvalue weighted by molar-refractivity contribution is 9.10. The Hall–Kier alpha value is -1.11. The van der Waals surface area contributed by atoms with E-state index < -0.39 is 12.1 Å². The Kier molecular flexibility index (Phi) is 6.27. The van der Waals surface area contributed by atoms with Crippen LogP contribution in [0.15, 0.2) is 22.7 Å². The molecule has 5 nitrogen and oxygen atoms in total. The second kappa shape index (κ2) is 7.47. The fraction of sp³-hybridized carbons (Fsp3) is 0.333. The highest BCUT2D eigenvalue weighted by atomic mass is 79.9. The normalized spacial score (nSPS) is 11.9. The maximum atomic E-state index is 11.9. The molecule has 1 amide bonds. The summed E-state index contributed by atoms with van der Waals surface area (Å²) >= 11 is 9.08. The quantitative estimate of drug-likeness (QED) is 0.825. The van der Waals surface area contributed by atoms with Crippen molar-refractivity contribution in [3.05, 3.63) is 33.3 Å². The van der Waals surface area contributed by atoms with E-state index in [-0.39, 0.29) is 18.9 Å². The van der Waals surface area contributed by atoms with Crippen molar-refractivity contribution in [3.8, 4) is 0 Å². The molecule has 0 aliphatic carbocycles. The van der Waals surface area contributed by atoms with Crippen LogP contribution in [0.2, 0.25) is 5.02 Å². The van der Waals surface area contributed by atoms with Gasteiger partial charge >= 0.3 is 5.97 Å². The number of rotatable bonds is 6. The van der Waals surface area contributed by atoms with Crippen LogP contribution in [0.1, 0.15) is 16.8 Å². The zero-order valence-corrected chi connectivity index (χ0v) is 12.5. The molecule has 19 heavy (non-hydrogen) atoms. The number of hydrogen-bond donors (Lipinski definition) is 2. The third-order valence-corrected chi connectivity index (χ3v) is 3.03. The largest absolute Gasteiger partial charge is 0.481 e. The fourth-order valence-electron chi connectivity index (χ4n) is 1.43. The minimum atomic E-state index is -0.980. The lowest BCUT2D eigenvalue weighted by atomic mass is 10.2. The van der Waals surface area contributed by atoms with Crippen LogP contribution >= 0.6 is 27.5 Å². The molecule has 104 valence electrons. The average Bonchev–Trinajstić information content (AvgIpc) is 2.32. The first-order valence-electron chi connectivity index (χ1n) is 5.41. The molecule has 1 aromatic rings. The summed E-state index contributed by atoms with van der Waals surface area (Å²) in [4.78, 5) is 22.4. The summed E-state index contributed by atoms with van der Waals surface area (Å²) in [5.74, 6) is -1.32. The summed E-state index contributed by atoms with van der Waals surface area (Å²) in [7, 11) is 1.40. The highest BCUT2D eigenvalue weighted by Gasteiger charge is 2.14. The lowest BCUT2D eigenvalue weighted by molar-refractivity contribution is -0.139. The van der Waals surface area contributed by atoms with Crippen molar-refractivity contribution >= 4 is 39.4 Å². The van der Waals surface area contributed by atoms with Crippen LogP contribution in [0.25, 0.3) is 0 Å². The first kappa shape index (κ1) is 15.9. The van der Waals surface area contributed by atoms with Crippen molar-refractivity contribution < 1.29 is 19.4 Å². The third kappa shape index (κ3) is 5.59. The Morgan fingerprint density at radius 2 is 2.16 bits per heavy atom. The predicted octanol–water partition coefficient (Wildman–Crippen LogP) is 2.32. The summed E-state index contributed by atoms with van der Waals surface area (Å²) in [6.07, 6.45) is -0.736. The molecule has 0 saturated heterocycles. The van der Waals surface area contributed by atoms with E-state index in [1.54, 1.807) is 12.1 Å². The lowest BCUT2D eigenvalue weighted by Gasteiger charge is -2.14. The molecule has 1 atom stereocenters. The molecule has 0 saturated carbocycles. The lowest BCUT2D eigenvalue weighted by Crippen LogP contribution is -2.34. The van der Waals surface area contributed by atoms with E-state index in [4.69, 9.17) is 21.4 Å². The molecule has 1 unspecified atom stereocenters. The first-order chi connectivity index (χ1) is 8.92. The van der Waals surface area contributed by atoms with Gasteiger partial charge in [0.15, 0.2) is 0 Å². The minimum absolute atomic E-state index is 0.117. The van der Waals surface area contributed by atoms with Crippen molar-refractivity contribution in [2.24, 2.45) is 0 Å². The van der Waals surface area contributed by atoms with E-state index >= 15 is 0 Å². The molecule has 0 aromatic heterocycles. The van der Waals surface area contributed by atoms with E-state index in [0.717, 1.165) is 0 Å². The number of amides is 1. The van der Waals surface area contributed by atoms with Crippen LogP contribution < -0.4 is 5.32 Å². The molecule has 2 N–H and O–H groups in total. The molecular weight excluding hydrogens is 337 g/mol. The minimum Gasteiger partial charge on any atom is -0.481 e. The summed E-state index contributed by atoms with van der Waals surface area (Å²) in [6, 6.07) is 4.82. The van der Waals surface area contributed by atoms with E-state index in [9.17, 15) is 9.59 Å². The van der Waals surface area contributed by atoms with Crippen LogP contribution in [0.4, 0.5) is 0 Å². The summed E-state index contributed by atoms with van der Waals surface area (Å²) in [5.41, 5.74) is 0.393. The van der Waals surface area contributed by atoms with E-state index in [2.05, 4.69) is 21.2 Å². The van der Waals surface area contributed by atoms with Gasteiger partial charge in [-0.2, -0.15) is 0 Å². The number of methoxy groups -OCH3 is 1. The van der Waals surface area contributed by atoms with Crippen LogP contribution in [-0.2, 0) is 9.53 Å². The second-order valence-electron chi connectivity index (χ2n) is 3.82. The zero-order chi connectivity index (χ0) is 14.4. The zero-order valence-electron chi connectivity index (χ0n) is 10.2. The predicted molar refractivity (Wildman–Crippen MR) is 74.5 cm³/mol. The van der Waals surface area contributed by atoms with Gasteiger partial charge in [-0.25, -0.2) is 0 Å². The van der Waals surface area contributed by atoms with Gasteiger partial charge in [0, 0.05) is 28.7 Å². The van der Waals surface area contributed by atoms with Crippen molar-refractivity contribution in [1.82, 2.24) is 5.32 Å². The van der Waals surface area contributed by atoms with Gasteiger partial charge in [-0.3, -0.25) is 9.59 Å². The van der Waals surface area contributed by atoms with Gasteiger partial charge in [-0.15, -0.1) is 0 Å². The highest BCUT2D eigenvalue weighted by Crippen LogP contribution is 2.19. The van der Waals surface area contributed by atoms with Crippen LogP contribution in [0, 0.1) is 0 Å². The molecule has 7 heteroatoms. The SMILES string of the molecule is COC(CNC(=O)c1cc(Cl)cc(Br)c1)CC(=O)O. The topological polar surface area (TPSA) is 75.6 Å². The number of halogens is 2. The van der Waals surface area contributed by atoms with Crippen LogP contribution in [0.5, 0.6) is 0 Å². The smallest absolute Gasteiger partial charge is 0.306 e. The first-order valence-corrected chi connectivity index (χ1v) is 6.58. The summed E-state index contributed by atoms with van der Waals surface area (Å²) < 4.78 is 5.66. The average molecular weight is 351 g/mol. The van der Waals surface area contributed by atoms with Crippen LogP contribution in [0.3, 0.4) is 0 Å².